The first-order valence-corrected chi connectivity index (χ1v) is 9.51. The minimum absolute atomic E-state index is 0.0612. The molecule has 1 heterocycles. The molecule has 2 aromatic rings. The Bertz CT molecular complexity index is 966. The largest absolute Gasteiger partial charge is 0.324 e. The van der Waals surface area contributed by atoms with Crippen LogP contribution in [0.5, 0.6) is 0 Å². The molecule has 0 bridgehead atoms. The first-order chi connectivity index (χ1) is 12.3. The Hall–Kier alpha value is -2.45. The molecule has 0 saturated carbocycles. The summed E-state index contributed by atoms with van der Waals surface area (Å²) in [6, 6.07) is 9.82. The molecule has 1 N–H and O–H groups in total. The first kappa shape index (κ1) is 18.3. The summed E-state index contributed by atoms with van der Waals surface area (Å²) >= 11 is 5.67. The van der Waals surface area contributed by atoms with E-state index in [-0.39, 0.29) is 28.4 Å². The lowest BCUT2D eigenvalue weighted by atomic mass is 10.2. The maximum atomic E-state index is 13.2. The number of halogens is 2. The molecule has 9 heteroatoms. The number of benzene rings is 2. The molecule has 26 heavy (non-hydrogen) atoms. The van der Waals surface area contributed by atoms with Crippen molar-refractivity contribution in [3.05, 3.63) is 59.4 Å². The normalized spacial score (nSPS) is 17.4. The number of carbonyl (C=O) groups excluding carboxylic acids is 2. The zero-order valence-corrected chi connectivity index (χ0v) is 14.9. The van der Waals surface area contributed by atoms with Crippen LogP contribution >= 0.6 is 11.6 Å². The Morgan fingerprint density at radius 1 is 1.19 bits per heavy atom. The van der Waals surface area contributed by atoms with Gasteiger partial charge >= 0.3 is 0 Å². The van der Waals surface area contributed by atoms with E-state index >= 15 is 0 Å². The third-order valence-electron chi connectivity index (χ3n) is 3.95. The van der Waals surface area contributed by atoms with Crippen molar-refractivity contribution in [1.82, 2.24) is 4.31 Å². The third kappa shape index (κ3) is 3.42. The van der Waals surface area contributed by atoms with Gasteiger partial charge in [0.2, 0.25) is 11.8 Å². The topological polar surface area (TPSA) is 83.6 Å². The average Bonchev–Trinajstić information content (AvgIpc) is 3.01. The van der Waals surface area contributed by atoms with Crippen molar-refractivity contribution in [3.63, 3.8) is 0 Å². The van der Waals surface area contributed by atoms with Crippen LogP contribution in [0, 0.1) is 5.82 Å². The SMILES string of the molecule is O=C(Nc1ccc(F)c(Cl)c1)C1CCC(=O)N1S(=O)(=O)c1ccccc1. The number of anilines is 1. The highest BCUT2D eigenvalue weighted by atomic mass is 35.5. The second kappa shape index (κ2) is 7.05. The van der Waals surface area contributed by atoms with E-state index in [9.17, 15) is 22.4 Å². The molecule has 1 unspecified atom stereocenters. The van der Waals surface area contributed by atoms with Gasteiger partial charge in [-0.15, -0.1) is 0 Å². The maximum absolute atomic E-state index is 13.2. The van der Waals surface area contributed by atoms with Crippen LogP contribution in [-0.4, -0.2) is 30.6 Å². The van der Waals surface area contributed by atoms with Crippen molar-refractivity contribution in [3.8, 4) is 0 Å². The van der Waals surface area contributed by atoms with E-state index in [1.807, 2.05) is 0 Å². The molecule has 1 aliphatic heterocycles. The van der Waals surface area contributed by atoms with Gasteiger partial charge in [-0.2, -0.15) is 0 Å². The Balaban J connectivity index is 1.87. The van der Waals surface area contributed by atoms with Crippen LogP contribution in [0.2, 0.25) is 5.02 Å². The summed E-state index contributed by atoms with van der Waals surface area (Å²) in [6.45, 7) is 0. The Kier molecular flexibility index (Phi) is 4.97. The van der Waals surface area contributed by atoms with E-state index < -0.39 is 33.7 Å². The molecular weight excluding hydrogens is 383 g/mol. The standard InChI is InChI=1S/C17H14ClFN2O4S/c18-13-10-11(6-7-14(13)19)20-17(23)15-8-9-16(22)21(15)26(24,25)12-4-2-1-3-5-12/h1-7,10,15H,8-9H2,(H,20,23). The van der Waals surface area contributed by atoms with Gasteiger partial charge in [0.15, 0.2) is 0 Å². The Morgan fingerprint density at radius 2 is 1.88 bits per heavy atom. The fourth-order valence-electron chi connectivity index (χ4n) is 2.71. The van der Waals surface area contributed by atoms with Gasteiger partial charge in [-0.25, -0.2) is 17.1 Å². The number of hydrogen-bond acceptors (Lipinski definition) is 4. The summed E-state index contributed by atoms with van der Waals surface area (Å²) in [6.07, 6.45) is -0.0000185. The molecule has 0 aromatic heterocycles. The number of amides is 2. The number of sulfonamides is 1. The zero-order valence-electron chi connectivity index (χ0n) is 13.4. The Morgan fingerprint density at radius 3 is 2.54 bits per heavy atom. The predicted octanol–water partition coefficient (Wildman–Crippen LogP) is 2.80. The van der Waals surface area contributed by atoms with E-state index in [0.29, 0.717) is 4.31 Å². The van der Waals surface area contributed by atoms with Crippen molar-refractivity contribution in [2.75, 3.05) is 5.32 Å². The van der Waals surface area contributed by atoms with Crippen LogP contribution in [0.25, 0.3) is 0 Å². The number of carbonyl (C=O) groups is 2. The fourth-order valence-corrected chi connectivity index (χ4v) is 4.51. The first-order valence-electron chi connectivity index (χ1n) is 7.69. The number of hydrogen-bond donors (Lipinski definition) is 1. The molecule has 1 aliphatic rings. The van der Waals surface area contributed by atoms with E-state index in [4.69, 9.17) is 11.6 Å². The zero-order chi connectivity index (χ0) is 18.9. The van der Waals surface area contributed by atoms with Crippen LogP contribution in [0.3, 0.4) is 0 Å². The summed E-state index contributed by atoms with van der Waals surface area (Å²) in [4.78, 5) is 24.6. The lowest BCUT2D eigenvalue weighted by molar-refractivity contribution is -0.128. The van der Waals surface area contributed by atoms with Gasteiger partial charge in [0.05, 0.1) is 9.92 Å². The highest BCUT2D eigenvalue weighted by Crippen LogP contribution is 2.28. The second-order valence-corrected chi connectivity index (χ2v) is 7.90. The van der Waals surface area contributed by atoms with Gasteiger partial charge in [-0.05, 0) is 36.8 Å². The van der Waals surface area contributed by atoms with Crippen LogP contribution in [-0.2, 0) is 19.6 Å². The smallest absolute Gasteiger partial charge is 0.267 e. The molecule has 6 nitrogen and oxygen atoms in total. The molecule has 1 fully saturated rings. The van der Waals surface area contributed by atoms with Gasteiger partial charge in [0.25, 0.3) is 10.0 Å². The monoisotopic (exact) mass is 396 g/mol. The lowest BCUT2D eigenvalue weighted by Gasteiger charge is -2.23. The van der Waals surface area contributed by atoms with E-state index in [1.165, 1.54) is 36.4 Å². The second-order valence-electron chi connectivity index (χ2n) is 5.68. The molecule has 2 amide bonds. The minimum atomic E-state index is -4.15. The van der Waals surface area contributed by atoms with Crippen LogP contribution in [0.1, 0.15) is 12.8 Å². The van der Waals surface area contributed by atoms with Gasteiger partial charge in [-0.3, -0.25) is 9.59 Å². The highest BCUT2D eigenvalue weighted by molar-refractivity contribution is 7.89. The van der Waals surface area contributed by atoms with Crippen molar-refractivity contribution >= 4 is 39.1 Å². The lowest BCUT2D eigenvalue weighted by Crippen LogP contribution is -2.45. The van der Waals surface area contributed by atoms with Crippen LogP contribution < -0.4 is 5.32 Å². The summed E-state index contributed by atoms with van der Waals surface area (Å²) in [5.74, 6) is -1.97. The highest BCUT2D eigenvalue weighted by Gasteiger charge is 2.44. The molecule has 3 rings (SSSR count). The molecule has 1 atom stereocenters. The van der Waals surface area contributed by atoms with Crippen molar-refractivity contribution in [2.45, 2.75) is 23.8 Å². The molecule has 0 radical (unpaired) electrons. The van der Waals surface area contributed by atoms with E-state index in [2.05, 4.69) is 5.32 Å². The minimum Gasteiger partial charge on any atom is -0.324 e. The van der Waals surface area contributed by atoms with Crippen molar-refractivity contribution < 1.29 is 22.4 Å². The summed E-state index contributed by atoms with van der Waals surface area (Å²) < 4.78 is 39.4. The number of nitrogens with zero attached hydrogens (tertiary/aromatic N) is 1. The summed E-state index contributed by atoms with van der Waals surface area (Å²) in [7, 11) is -4.15. The van der Waals surface area contributed by atoms with Gasteiger partial charge in [0, 0.05) is 12.1 Å². The molecule has 0 spiro atoms. The fraction of sp³-hybridized carbons (Fsp3) is 0.176. The van der Waals surface area contributed by atoms with E-state index in [0.717, 1.165) is 6.07 Å². The van der Waals surface area contributed by atoms with Crippen LogP contribution in [0.15, 0.2) is 53.4 Å². The molecular formula is C17H14ClFN2O4S. The molecule has 136 valence electrons. The van der Waals surface area contributed by atoms with Crippen LogP contribution in [0.4, 0.5) is 10.1 Å². The quantitative estimate of drug-likeness (QED) is 0.861. The van der Waals surface area contributed by atoms with Gasteiger partial charge in [0.1, 0.15) is 11.9 Å². The van der Waals surface area contributed by atoms with Gasteiger partial charge in [-0.1, -0.05) is 29.8 Å². The number of nitrogens with one attached hydrogen (secondary N) is 1. The summed E-state index contributed by atoms with van der Waals surface area (Å²) in [5.41, 5.74) is 0.206. The average molecular weight is 397 g/mol. The van der Waals surface area contributed by atoms with Crippen molar-refractivity contribution in [2.24, 2.45) is 0 Å². The molecule has 1 saturated heterocycles. The summed E-state index contributed by atoms with van der Waals surface area (Å²) in [5, 5.41) is 2.30. The molecule has 0 aliphatic carbocycles. The predicted molar refractivity (Wildman–Crippen MR) is 93.5 cm³/mol. The third-order valence-corrected chi connectivity index (χ3v) is 6.08. The van der Waals surface area contributed by atoms with E-state index in [1.54, 1.807) is 6.07 Å². The van der Waals surface area contributed by atoms with Gasteiger partial charge < -0.3 is 5.32 Å². The Labute approximate surface area is 154 Å². The molecule has 2 aromatic carbocycles. The number of rotatable bonds is 4. The van der Waals surface area contributed by atoms with Crippen molar-refractivity contribution in [1.29, 1.82) is 0 Å². The maximum Gasteiger partial charge on any atom is 0.267 e.